The van der Waals surface area contributed by atoms with Crippen LogP contribution in [0, 0.1) is 0 Å². The van der Waals surface area contributed by atoms with Gasteiger partial charge in [-0.3, -0.25) is 25.8 Å². The fraction of sp³-hybridized carbons (Fsp3) is 0.211. The van der Waals surface area contributed by atoms with Gasteiger partial charge in [0.2, 0.25) is 5.91 Å². The lowest BCUT2D eigenvalue weighted by Crippen LogP contribution is -2.49. The van der Waals surface area contributed by atoms with Crippen molar-refractivity contribution in [2.45, 2.75) is 12.8 Å². The molecule has 0 unspecified atom stereocenters. The Morgan fingerprint density at radius 1 is 0.839 bits per heavy atom. The molecule has 2 aromatic carbocycles. The Labute approximate surface area is 204 Å². The molecule has 2 aromatic rings. The standard InChI is InChI=1S/C19H17Cl4N3O4S/c20-11-3-5-15(13(22)8-11)29-7-1-2-17(27)25-26-19(31)24-18(28)10-30-16-6-4-12(21)9-14(16)23/h3-6,8-9H,1-2,7,10H2,(H,25,27)(H2,24,26,28,31). The van der Waals surface area contributed by atoms with Crippen molar-refractivity contribution in [3.05, 3.63) is 56.5 Å². The van der Waals surface area contributed by atoms with E-state index in [9.17, 15) is 9.59 Å². The monoisotopic (exact) mass is 523 g/mol. The predicted octanol–water partition coefficient (Wildman–Crippen LogP) is 4.56. The number of rotatable bonds is 8. The number of benzene rings is 2. The van der Waals surface area contributed by atoms with Crippen LogP contribution < -0.4 is 25.6 Å². The summed E-state index contributed by atoms with van der Waals surface area (Å²) < 4.78 is 10.8. The highest BCUT2D eigenvalue weighted by atomic mass is 35.5. The Morgan fingerprint density at radius 2 is 1.42 bits per heavy atom. The zero-order chi connectivity index (χ0) is 22.8. The van der Waals surface area contributed by atoms with E-state index in [2.05, 4.69) is 16.2 Å². The summed E-state index contributed by atoms with van der Waals surface area (Å²) in [5.74, 6) is -0.0938. The van der Waals surface area contributed by atoms with Gasteiger partial charge in [-0.1, -0.05) is 46.4 Å². The normalized spacial score (nSPS) is 10.2. The highest BCUT2D eigenvalue weighted by molar-refractivity contribution is 7.80. The Balaban J connectivity index is 1.60. The third-order valence-corrected chi connectivity index (χ3v) is 4.79. The Kier molecular flexibility index (Phi) is 10.4. The van der Waals surface area contributed by atoms with Crippen LogP contribution >= 0.6 is 58.6 Å². The van der Waals surface area contributed by atoms with Gasteiger partial charge in [-0.05, 0) is 55.0 Å². The molecule has 0 aromatic heterocycles. The first-order valence-electron chi connectivity index (χ1n) is 8.79. The van der Waals surface area contributed by atoms with E-state index >= 15 is 0 Å². The van der Waals surface area contributed by atoms with Crippen LogP contribution in [0.3, 0.4) is 0 Å². The molecule has 0 aliphatic carbocycles. The maximum absolute atomic E-state index is 11.9. The van der Waals surface area contributed by atoms with E-state index in [1.165, 1.54) is 6.07 Å². The number of ether oxygens (including phenoxy) is 2. The van der Waals surface area contributed by atoms with E-state index in [1.807, 2.05) is 0 Å². The van der Waals surface area contributed by atoms with Crippen molar-refractivity contribution in [3.63, 3.8) is 0 Å². The van der Waals surface area contributed by atoms with Crippen LogP contribution in [0.15, 0.2) is 36.4 Å². The number of halogens is 4. The Morgan fingerprint density at radius 3 is 2.00 bits per heavy atom. The van der Waals surface area contributed by atoms with Gasteiger partial charge in [0.15, 0.2) is 11.7 Å². The van der Waals surface area contributed by atoms with Crippen LogP contribution in [-0.2, 0) is 9.59 Å². The molecule has 0 saturated heterocycles. The average Bonchev–Trinajstić information content (AvgIpc) is 2.70. The topological polar surface area (TPSA) is 88.7 Å². The van der Waals surface area contributed by atoms with Gasteiger partial charge in [-0.25, -0.2) is 0 Å². The van der Waals surface area contributed by atoms with Crippen LogP contribution in [0.25, 0.3) is 0 Å². The summed E-state index contributed by atoms with van der Waals surface area (Å²) in [5, 5.41) is 3.89. The van der Waals surface area contributed by atoms with Crippen molar-refractivity contribution in [3.8, 4) is 11.5 Å². The highest BCUT2D eigenvalue weighted by Crippen LogP contribution is 2.28. The number of hydrogen-bond donors (Lipinski definition) is 3. The van der Waals surface area contributed by atoms with Crippen LogP contribution in [0.5, 0.6) is 11.5 Å². The molecule has 7 nitrogen and oxygen atoms in total. The number of hydrogen-bond acceptors (Lipinski definition) is 5. The first kappa shape index (κ1) is 25.3. The van der Waals surface area contributed by atoms with Crippen molar-refractivity contribution in [1.29, 1.82) is 0 Å². The maximum atomic E-state index is 11.9. The lowest BCUT2D eigenvalue weighted by atomic mass is 10.3. The van der Waals surface area contributed by atoms with Crippen molar-refractivity contribution >= 4 is 75.5 Å². The lowest BCUT2D eigenvalue weighted by Gasteiger charge is -2.12. The van der Waals surface area contributed by atoms with Crippen LogP contribution in [0.2, 0.25) is 20.1 Å². The molecular weight excluding hydrogens is 508 g/mol. The number of thiocarbonyl (C=S) groups is 1. The maximum Gasteiger partial charge on any atom is 0.264 e. The molecule has 3 N–H and O–H groups in total. The molecule has 0 fully saturated rings. The van der Waals surface area contributed by atoms with Gasteiger partial charge in [0.1, 0.15) is 11.5 Å². The number of carbonyl (C=O) groups excluding carboxylic acids is 2. The molecule has 166 valence electrons. The average molecular weight is 525 g/mol. The predicted molar refractivity (Wildman–Crippen MR) is 125 cm³/mol. The number of amides is 2. The molecule has 0 spiro atoms. The van der Waals surface area contributed by atoms with Gasteiger partial charge in [0, 0.05) is 16.5 Å². The summed E-state index contributed by atoms with van der Waals surface area (Å²) in [6.45, 7) is -0.0533. The van der Waals surface area contributed by atoms with Gasteiger partial charge in [0.05, 0.1) is 16.7 Å². The number of hydrazine groups is 1. The summed E-state index contributed by atoms with van der Waals surface area (Å²) >= 11 is 28.5. The minimum absolute atomic E-state index is 0.0895. The van der Waals surface area contributed by atoms with Crippen LogP contribution in [-0.4, -0.2) is 30.1 Å². The zero-order valence-electron chi connectivity index (χ0n) is 15.8. The molecule has 0 atom stereocenters. The largest absolute Gasteiger partial charge is 0.492 e. The SMILES string of the molecule is O=C(CCCOc1ccc(Cl)cc1Cl)NNC(=S)NC(=O)COc1ccc(Cl)cc1Cl. The second-order valence-corrected chi connectivity index (χ2v) is 8.04. The van der Waals surface area contributed by atoms with E-state index in [0.717, 1.165) is 0 Å². The summed E-state index contributed by atoms with van der Waals surface area (Å²) in [5.41, 5.74) is 4.80. The Bertz CT molecular complexity index is 962. The molecule has 12 heteroatoms. The van der Waals surface area contributed by atoms with Gasteiger partial charge >= 0.3 is 0 Å². The van der Waals surface area contributed by atoms with E-state index in [0.29, 0.717) is 33.0 Å². The van der Waals surface area contributed by atoms with Gasteiger partial charge < -0.3 is 9.47 Å². The smallest absolute Gasteiger partial charge is 0.264 e. The third kappa shape index (κ3) is 9.37. The first-order chi connectivity index (χ1) is 14.7. The van der Waals surface area contributed by atoms with Crippen molar-refractivity contribution in [1.82, 2.24) is 16.2 Å². The van der Waals surface area contributed by atoms with Crippen molar-refractivity contribution in [2.24, 2.45) is 0 Å². The lowest BCUT2D eigenvalue weighted by molar-refractivity contribution is -0.123. The van der Waals surface area contributed by atoms with Crippen LogP contribution in [0.4, 0.5) is 0 Å². The van der Waals surface area contributed by atoms with Gasteiger partial charge in [0.25, 0.3) is 5.91 Å². The molecular formula is C19H17Cl4N3O4S. The summed E-state index contributed by atoms with van der Waals surface area (Å²) in [6.07, 6.45) is 0.591. The Hall–Kier alpha value is -1.97. The van der Waals surface area contributed by atoms with Crippen molar-refractivity contribution < 1.29 is 19.1 Å². The fourth-order valence-corrected chi connectivity index (χ4v) is 3.22. The molecule has 2 rings (SSSR count). The first-order valence-corrected chi connectivity index (χ1v) is 10.7. The summed E-state index contributed by atoms with van der Waals surface area (Å²) in [4.78, 5) is 23.7. The molecule has 0 heterocycles. The van der Waals surface area contributed by atoms with Crippen LogP contribution in [0.1, 0.15) is 12.8 Å². The second-order valence-electron chi connectivity index (χ2n) is 5.94. The highest BCUT2D eigenvalue weighted by Gasteiger charge is 2.09. The quantitative estimate of drug-likeness (QED) is 0.266. The third-order valence-electron chi connectivity index (χ3n) is 3.52. The number of nitrogens with one attached hydrogen (secondary N) is 3. The molecule has 0 saturated carbocycles. The molecule has 31 heavy (non-hydrogen) atoms. The minimum Gasteiger partial charge on any atom is -0.492 e. The van der Waals surface area contributed by atoms with E-state index in [4.69, 9.17) is 68.1 Å². The molecule has 0 aliphatic heterocycles. The molecule has 0 radical (unpaired) electrons. The van der Waals surface area contributed by atoms with Gasteiger partial charge in [-0.2, -0.15) is 0 Å². The molecule has 2 amide bonds. The molecule has 0 aliphatic rings. The second kappa shape index (κ2) is 12.8. The van der Waals surface area contributed by atoms with E-state index < -0.39 is 5.91 Å². The summed E-state index contributed by atoms with van der Waals surface area (Å²) in [6, 6.07) is 9.49. The summed E-state index contributed by atoms with van der Waals surface area (Å²) in [7, 11) is 0. The molecule has 0 bridgehead atoms. The van der Waals surface area contributed by atoms with E-state index in [-0.39, 0.29) is 35.7 Å². The van der Waals surface area contributed by atoms with Crippen molar-refractivity contribution in [2.75, 3.05) is 13.2 Å². The minimum atomic E-state index is -0.536. The number of carbonyl (C=O) groups is 2. The van der Waals surface area contributed by atoms with E-state index in [1.54, 1.807) is 30.3 Å². The van der Waals surface area contributed by atoms with Gasteiger partial charge in [-0.15, -0.1) is 0 Å². The fourth-order valence-electron chi connectivity index (χ4n) is 2.13. The zero-order valence-corrected chi connectivity index (χ0v) is 19.7.